The number of nitrogens with one attached hydrogen (secondary N) is 1. The van der Waals surface area contributed by atoms with Crippen LogP contribution in [0.4, 0.5) is 0 Å². The second kappa shape index (κ2) is 7.88. The zero-order valence-corrected chi connectivity index (χ0v) is 13.5. The van der Waals surface area contributed by atoms with Crippen LogP contribution in [0.15, 0.2) is 18.2 Å². The quantitative estimate of drug-likeness (QED) is 0.746. The van der Waals surface area contributed by atoms with Crippen LogP contribution in [0.1, 0.15) is 26.3 Å². The van der Waals surface area contributed by atoms with Crippen molar-refractivity contribution in [1.82, 2.24) is 5.32 Å². The van der Waals surface area contributed by atoms with Crippen LogP contribution in [0.5, 0.6) is 11.5 Å². The average molecular weight is 295 g/mol. The van der Waals surface area contributed by atoms with Crippen molar-refractivity contribution >= 4 is 5.97 Å². The standard InChI is InChI=1S/C16H25NO4/c1-6-17-10-12-7-8-13(19-4)9-14(12)21-11-16(2,3)15(18)20-5/h7-9,17H,6,10-11H2,1-5H3. The maximum Gasteiger partial charge on any atom is 0.314 e. The maximum absolute atomic E-state index is 11.7. The number of methoxy groups -OCH3 is 2. The molecule has 0 bridgehead atoms. The SMILES string of the molecule is CCNCc1ccc(OC)cc1OCC(C)(C)C(=O)OC. The first-order valence-corrected chi connectivity index (χ1v) is 7.03. The van der Waals surface area contributed by atoms with E-state index in [0.29, 0.717) is 12.3 Å². The van der Waals surface area contributed by atoms with Crippen LogP contribution in [-0.2, 0) is 16.1 Å². The summed E-state index contributed by atoms with van der Waals surface area (Å²) < 4.78 is 15.9. The van der Waals surface area contributed by atoms with Crippen LogP contribution in [0, 0.1) is 5.41 Å². The van der Waals surface area contributed by atoms with E-state index in [1.807, 2.05) is 25.1 Å². The minimum Gasteiger partial charge on any atom is -0.497 e. The maximum atomic E-state index is 11.7. The highest BCUT2D eigenvalue weighted by Gasteiger charge is 2.30. The minimum atomic E-state index is -0.701. The lowest BCUT2D eigenvalue weighted by Gasteiger charge is -2.23. The Morgan fingerprint density at radius 2 is 2.00 bits per heavy atom. The fourth-order valence-corrected chi connectivity index (χ4v) is 1.80. The lowest BCUT2D eigenvalue weighted by atomic mass is 9.95. The predicted octanol–water partition coefficient (Wildman–Crippen LogP) is 2.38. The smallest absolute Gasteiger partial charge is 0.314 e. The molecule has 5 nitrogen and oxygen atoms in total. The summed E-state index contributed by atoms with van der Waals surface area (Å²) in [6.07, 6.45) is 0. The number of esters is 1. The molecular weight excluding hydrogens is 270 g/mol. The highest BCUT2D eigenvalue weighted by atomic mass is 16.5. The van der Waals surface area contributed by atoms with Gasteiger partial charge in [0.05, 0.1) is 19.6 Å². The van der Waals surface area contributed by atoms with E-state index in [4.69, 9.17) is 14.2 Å². The van der Waals surface area contributed by atoms with E-state index >= 15 is 0 Å². The number of carbonyl (C=O) groups excluding carboxylic acids is 1. The van der Waals surface area contributed by atoms with Crippen molar-refractivity contribution < 1.29 is 19.0 Å². The van der Waals surface area contributed by atoms with Gasteiger partial charge in [-0.25, -0.2) is 0 Å². The largest absolute Gasteiger partial charge is 0.497 e. The minimum absolute atomic E-state index is 0.242. The first kappa shape index (κ1) is 17.3. The molecule has 1 N–H and O–H groups in total. The Hall–Kier alpha value is -1.75. The van der Waals surface area contributed by atoms with Crippen LogP contribution in [-0.4, -0.2) is 33.3 Å². The molecule has 0 radical (unpaired) electrons. The lowest BCUT2D eigenvalue weighted by molar-refractivity contribution is -0.152. The Labute approximate surface area is 126 Å². The van der Waals surface area contributed by atoms with Gasteiger partial charge in [0.2, 0.25) is 0 Å². The van der Waals surface area contributed by atoms with Crippen LogP contribution in [0.25, 0.3) is 0 Å². The fraction of sp³-hybridized carbons (Fsp3) is 0.562. The first-order chi connectivity index (χ1) is 9.94. The van der Waals surface area contributed by atoms with E-state index in [1.165, 1.54) is 7.11 Å². The predicted molar refractivity (Wildman–Crippen MR) is 81.7 cm³/mol. The molecule has 0 saturated heterocycles. The summed E-state index contributed by atoms with van der Waals surface area (Å²) in [5, 5.41) is 3.26. The molecule has 1 aromatic rings. The monoisotopic (exact) mass is 295 g/mol. The molecule has 0 aliphatic rings. The van der Waals surface area contributed by atoms with Gasteiger partial charge in [-0.05, 0) is 26.5 Å². The summed E-state index contributed by atoms with van der Waals surface area (Å²) in [5.74, 6) is 1.15. The van der Waals surface area contributed by atoms with Gasteiger partial charge in [-0.1, -0.05) is 13.0 Å². The van der Waals surface area contributed by atoms with Crippen molar-refractivity contribution in [2.75, 3.05) is 27.4 Å². The molecule has 118 valence electrons. The van der Waals surface area contributed by atoms with Crippen LogP contribution in [0.2, 0.25) is 0 Å². The Kier molecular flexibility index (Phi) is 6.49. The first-order valence-electron chi connectivity index (χ1n) is 7.03. The molecule has 0 atom stereocenters. The van der Waals surface area contributed by atoms with Crippen molar-refractivity contribution in [3.63, 3.8) is 0 Å². The molecule has 0 spiro atoms. The zero-order chi connectivity index (χ0) is 15.9. The molecule has 1 rings (SSSR count). The third-order valence-corrected chi connectivity index (χ3v) is 3.17. The number of hydrogen-bond acceptors (Lipinski definition) is 5. The number of hydrogen-bond donors (Lipinski definition) is 1. The summed E-state index contributed by atoms with van der Waals surface area (Å²) in [6, 6.07) is 5.69. The molecule has 0 aliphatic carbocycles. The van der Waals surface area contributed by atoms with Crippen molar-refractivity contribution in [2.45, 2.75) is 27.3 Å². The van der Waals surface area contributed by atoms with E-state index in [-0.39, 0.29) is 12.6 Å². The van der Waals surface area contributed by atoms with Gasteiger partial charge in [-0.15, -0.1) is 0 Å². The van der Waals surface area contributed by atoms with Crippen molar-refractivity contribution in [1.29, 1.82) is 0 Å². The van der Waals surface area contributed by atoms with E-state index in [2.05, 4.69) is 5.32 Å². The van der Waals surface area contributed by atoms with Gasteiger partial charge >= 0.3 is 5.97 Å². The number of rotatable bonds is 8. The topological polar surface area (TPSA) is 56.8 Å². The third kappa shape index (κ3) is 4.93. The van der Waals surface area contributed by atoms with Gasteiger partial charge in [-0.2, -0.15) is 0 Å². The molecule has 1 aromatic carbocycles. The van der Waals surface area contributed by atoms with Gasteiger partial charge in [0.1, 0.15) is 18.1 Å². The Morgan fingerprint density at radius 3 is 2.57 bits per heavy atom. The Balaban J connectivity index is 2.86. The number of benzene rings is 1. The normalized spacial score (nSPS) is 11.1. The number of carbonyl (C=O) groups is 1. The molecule has 21 heavy (non-hydrogen) atoms. The van der Waals surface area contributed by atoms with Crippen LogP contribution < -0.4 is 14.8 Å². The summed E-state index contributed by atoms with van der Waals surface area (Å²) >= 11 is 0. The number of ether oxygens (including phenoxy) is 3. The van der Waals surface area contributed by atoms with E-state index in [0.717, 1.165) is 17.9 Å². The highest BCUT2D eigenvalue weighted by molar-refractivity contribution is 5.75. The van der Waals surface area contributed by atoms with Gasteiger partial charge in [0.25, 0.3) is 0 Å². The van der Waals surface area contributed by atoms with Gasteiger partial charge in [0.15, 0.2) is 0 Å². The molecule has 0 aromatic heterocycles. The third-order valence-electron chi connectivity index (χ3n) is 3.17. The summed E-state index contributed by atoms with van der Waals surface area (Å²) in [7, 11) is 2.99. The van der Waals surface area contributed by atoms with E-state index in [1.54, 1.807) is 21.0 Å². The van der Waals surface area contributed by atoms with Gasteiger partial charge in [-0.3, -0.25) is 4.79 Å². The van der Waals surface area contributed by atoms with Crippen molar-refractivity contribution in [2.24, 2.45) is 5.41 Å². The Morgan fingerprint density at radius 1 is 1.29 bits per heavy atom. The molecule has 0 fully saturated rings. The average Bonchev–Trinajstić information content (AvgIpc) is 2.50. The molecule has 0 heterocycles. The van der Waals surface area contributed by atoms with Crippen molar-refractivity contribution in [3.05, 3.63) is 23.8 Å². The molecule has 0 saturated carbocycles. The fourth-order valence-electron chi connectivity index (χ4n) is 1.80. The van der Waals surface area contributed by atoms with E-state index in [9.17, 15) is 4.79 Å². The van der Waals surface area contributed by atoms with Gasteiger partial charge < -0.3 is 19.5 Å². The molecular formula is C16H25NO4. The zero-order valence-electron chi connectivity index (χ0n) is 13.5. The summed E-state index contributed by atoms with van der Waals surface area (Å²) in [4.78, 5) is 11.7. The van der Waals surface area contributed by atoms with Crippen LogP contribution >= 0.6 is 0 Å². The summed E-state index contributed by atoms with van der Waals surface area (Å²) in [6.45, 7) is 7.45. The Bertz CT molecular complexity index is 471. The molecule has 0 unspecified atom stereocenters. The second-order valence-electron chi connectivity index (χ2n) is 5.42. The highest BCUT2D eigenvalue weighted by Crippen LogP contribution is 2.27. The van der Waals surface area contributed by atoms with Crippen LogP contribution in [0.3, 0.4) is 0 Å². The summed E-state index contributed by atoms with van der Waals surface area (Å²) in [5.41, 5.74) is 0.325. The van der Waals surface area contributed by atoms with E-state index < -0.39 is 5.41 Å². The lowest BCUT2D eigenvalue weighted by Crippen LogP contribution is -2.32. The molecule has 0 amide bonds. The second-order valence-corrected chi connectivity index (χ2v) is 5.42. The van der Waals surface area contributed by atoms with Gasteiger partial charge in [0, 0.05) is 18.2 Å². The molecule has 5 heteroatoms. The molecule has 0 aliphatic heterocycles. The van der Waals surface area contributed by atoms with Crippen molar-refractivity contribution in [3.8, 4) is 11.5 Å².